The lowest BCUT2D eigenvalue weighted by Gasteiger charge is -2.34. The van der Waals surface area contributed by atoms with Crippen molar-refractivity contribution >= 4 is 5.91 Å². The Labute approximate surface area is 106 Å². The number of pyridine rings is 1. The Morgan fingerprint density at radius 1 is 1.50 bits per heavy atom. The van der Waals surface area contributed by atoms with E-state index in [1.54, 1.807) is 24.2 Å². The highest BCUT2D eigenvalue weighted by Crippen LogP contribution is 2.18. The molecule has 0 spiro atoms. The van der Waals surface area contributed by atoms with Crippen LogP contribution in [-0.2, 0) is 7.05 Å². The van der Waals surface area contributed by atoms with Gasteiger partial charge >= 0.3 is 0 Å². The van der Waals surface area contributed by atoms with Crippen LogP contribution in [0.3, 0.4) is 0 Å². The van der Waals surface area contributed by atoms with Crippen LogP contribution in [0.4, 0.5) is 0 Å². The summed E-state index contributed by atoms with van der Waals surface area (Å²) in [5, 5.41) is 9.64. The molecule has 2 heterocycles. The van der Waals surface area contributed by atoms with Crippen molar-refractivity contribution in [2.45, 2.75) is 19.4 Å². The van der Waals surface area contributed by atoms with E-state index in [2.05, 4.69) is 0 Å². The molecule has 2 unspecified atom stereocenters. The maximum atomic E-state index is 12.2. The van der Waals surface area contributed by atoms with Gasteiger partial charge in [0, 0.05) is 38.0 Å². The highest BCUT2D eigenvalue weighted by atomic mass is 16.3. The number of carbonyl (C=O) groups excluding carboxylic acids is 1. The van der Waals surface area contributed by atoms with Gasteiger partial charge in [-0.3, -0.25) is 9.59 Å². The number of carbonyl (C=O) groups is 1. The first kappa shape index (κ1) is 12.8. The third kappa shape index (κ3) is 2.46. The van der Waals surface area contributed by atoms with E-state index >= 15 is 0 Å². The second kappa shape index (κ2) is 4.94. The molecular formula is C13H18N2O3. The van der Waals surface area contributed by atoms with Crippen LogP contribution in [0.25, 0.3) is 0 Å². The van der Waals surface area contributed by atoms with E-state index in [9.17, 15) is 14.7 Å². The SMILES string of the molecule is CC1CN(C(=O)c2ccn(C)c(=O)c2)CCC1O. The van der Waals surface area contributed by atoms with Gasteiger partial charge in [0.05, 0.1) is 6.10 Å². The minimum absolute atomic E-state index is 0.0780. The van der Waals surface area contributed by atoms with Crippen LogP contribution in [0.15, 0.2) is 23.1 Å². The Morgan fingerprint density at radius 2 is 2.22 bits per heavy atom. The molecule has 0 saturated carbocycles. The van der Waals surface area contributed by atoms with E-state index in [1.807, 2.05) is 6.92 Å². The normalized spacial score (nSPS) is 24.1. The van der Waals surface area contributed by atoms with Crippen LogP contribution in [0.2, 0.25) is 0 Å². The lowest BCUT2D eigenvalue weighted by atomic mass is 9.96. The van der Waals surface area contributed by atoms with Crippen molar-refractivity contribution in [1.82, 2.24) is 9.47 Å². The fraction of sp³-hybridized carbons (Fsp3) is 0.538. The number of likely N-dealkylation sites (tertiary alicyclic amines) is 1. The molecule has 1 aromatic rings. The third-order valence-corrected chi connectivity index (χ3v) is 3.50. The molecule has 18 heavy (non-hydrogen) atoms. The van der Waals surface area contributed by atoms with Gasteiger partial charge < -0.3 is 14.6 Å². The number of aryl methyl sites for hydroxylation is 1. The van der Waals surface area contributed by atoms with Gasteiger partial charge in [0.2, 0.25) is 0 Å². The van der Waals surface area contributed by atoms with Crippen LogP contribution in [0.1, 0.15) is 23.7 Å². The average molecular weight is 250 g/mol. The zero-order chi connectivity index (χ0) is 13.3. The number of piperidine rings is 1. The molecule has 0 bridgehead atoms. The van der Waals surface area contributed by atoms with Crippen LogP contribution in [0, 0.1) is 5.92 Å². The van der Waals surface area contributed by atoms with Crippen molar-refractivity contribution in [3.05, 3.63) is 34.2 Å². The van der Waals surface area contributed by atoms with Crippen LogP contribution in [0.5, 0.6) is 0 Å². The molecular weight excluding hydrogens is 232 g/mol. The van der Waals surface area contributed by atoms with Gasteiger partial charge in [0.25, 0.3) is 11.5 Å². The maximum absolute atomic E-state index is 12.2. The molecule has 1 fully saturated rings. The van der Waals surface area contributed by atoms with Crippen LogP contribution >= 0.6 is 0 Å². The van der Waals surface area contributed by atoms with Crippen molar-refractivity contribution in [2.75, 3.05) is 13.1 Å². The Kier molecular flexibility index (Phi) is 3.52. The van der Waals surface area contributed by atoms with Gasteiger partial charge in [0.15, 0.2) is 0 Å². The van der Waals surface area contributed by atoms with E-state index < -0.39 is 0 Å². The second-order valence-corrected chi connectivity index (χ2v) is 4.95. The summed E-state index contributed by atoms with van der Waals surface area (Å²) in [7, 11) is 1.65. The van der Waals surface area contributed by atoms with Gasteiger partial charge in [-0.25, -0.2) is 0 Å². The van der Waals surface area contributed by atoms with Crippen molar-refractivity contribution in [3.8, 4) is 0 Å². The summed E-state index contributed by atoms with van der Waals surface area (Å²) in [6, 6.07) is 3.01. The zero-order valence-corrected chi connectivity index (χ0v) is 10.7. The number of amides is 1. The summed E-state index contributed by atoms with van der Waals surface area (Å²) in [5.41, 5.74) is 0.229. The third-order valence-electron chi connectivity index (χ3n) is 3.50. The summed E-state index contributed by atoms with van der Waals surface area (Å²) in [5.74, 6) is -0.0549. The van der Waals surface area contributed by atoms with Crippen LogP contribution in [-0.4, -0.2) is 39.7 Å². The first-order valence-electron chi connectivity index (χ1n) is 6.13. The van der Waals surface area contributed by atoms with Crippen molar-refractivity contribution in [2.24, 2.45) is 13.0 Å². The van der Waals surface area contributed by atoms with E-state index in [-0.39, 0.29) is 23.5 Å². The molecule has 2 rings (SSSR count). The number of aromatic nitrogens is 1. The largest absolute Gasteiger partial charge is 0.393 e. The lowest BCUT2D eigenvalue weighted by molar-refractivity contribution is 0.0297. The zero-order valence-electron chi connectivity index (χ0n) is 10.7. The smallest absolute Gasteiger partial charge is 0.254 e. The van der Waals surface area contributed by atoms with Gasteiger partial charge in [-0.2, -0.15) is 0 Å². The molecule has 5 nitrogen and oxygen atoms in total. The Balaban J connectivity index is 2.16. The van der Waals surface area contributed by atoms with Gasteiger partial charge in [-0.15, -0.1) is 0 Å². The minimum Gasteiger partial charge on any atom is -0.393 e. The summed E-state index contributed by atoms with van der Waals surface area (Å²) in [6.45, 7) is 3.00. The molecule has 98 valence electrons. The van der Waals surface area contributed by atoms with Gasteiger partial charge in [0.1, 0.15) is 0 Å². The molecule has 0 radical (unpaired) electrons. The monoisotopic (exact) mass is 250 g/mol. The number of rotatable bonds is 1. The topological polar surface area (TPSA) is 62.5 Å². The predicted molar refractivity (Wildman–Crippen MR) is 67.4 cm³/mol. The van der Waals surface area contributed by atoms with Crippen molar-refractivity contribution in [1.29, 1.82) is 0 Å². The van der Waals surface area contributed by atoms with E-state index in [0.717, 1.165) is 0 Å². The minimum atomic E-state index is -0.335. The highest BCUT2D eigenvalue weighted by molar-refractivity contribution is 5.94. The molecule has 1 N–H and O–H groups in total. The molecule has 1 aliphatic rings. The van der Waals surface area contributed by atoms with Crippen molar-refractivity contribution < 1.29 is 9.90 Å². The maximum Gasteiger partial charge on any atom is 0.254 e. The van der Waals surface area contributed by atoms with Crippen LogP contribution < -0.4 is 5.56 Å². The number of nitrogens with zero attached hydrogens (tertiary/aromatic N) is 2. The molecule has 1 saturated heterocycles. The summed E-state index contributed by atoms with van der Waals surface area (Å²) >= 11 is 0. The number of hydrogen-bond acceptors (Lipinski definition) is 3. The Bertz CT molecular complexity index is 509. The van der Waals surface area contributed by atoms with E-state index in [1.165, 1.54) is 10.6 Å². The standard InChI is InChI=1S/C13H18N2O3/c1-9-8-15(6-4-11(9)16)13(18)10-3-5-14(2)12(17)7-10/h3,5,7,9,11,16H,4,6,8H2,1-2H3. The second-order valence-electron chi connectivity index (χ2n) is 4.95. The van der Waals surface area contributed by atoms with Gasteiger partial charge in [-0.05, 0) is 18.4 Å². The molecule has 1 aliphatic heterocycles. The first-order valence-corrected chi connectivity index (χ1v) is 6.13. The molecule has 1 aromatic heterocycles. The fourth-order valence-corrected chi connectivity index (χ4v) is 2.18. The van der Waals surface area contributed by atoms with Gasteiger partial charge in [-0.1, -0.05) is 6.92 Å². The Hall–Kier alpha value is -1.62. The number of hydrogen-bond donors (Lipinski definition) is 1. The predicted octanol–water partition coefficient (Wildman–Crippen LogP) is 0.228. The number of aliphatic hydroxyl groups excluding tert-OH is 1. The highest BCUT2D eigenvalue weighted by Gasteiger charge is 2.27. The number of aliphatic hydroxyl groups is 1. The summed E-state index contributed by atoms with van der Waals surface area (Å²) < 4.78 is 1.43. The summed E-state index contributed by atoms with van der Waals surface area (Å²) in [6.07, 6.45) is 1.85. The Morgan fingerprint density at radius 3 is 2.83 bits per heavy atom. The van der Waals surface area contributed by atoms with E-state index in [0.29, 0.717) is 25.1 Å². The molecule has 2 atom stereocenters. The fourth-order valence-electron chi connectivity index (χ4n) is 2.18. The molecule has 0 aliphatic carbocycles. The summed E-state index contributed by atoms with van der Waals surface area (Å²) in [4.78, 5) is 25.4. The average Bonchev–Trinajstić information content (AvgIpc) is 2.35. The molecule has 1 amide bonds. The first-order chi connectivity index (χ1) is 8.49. The molecule has 0 aromatic carbocycles. The van der Waals surface area contributed by atoms with E-state index in [4.69, 9.17) is 0 Å². The molecule has 5 heteroatoms. The quantitative estimate of drug-likeness (QED) is 0.776. The lowest BCUT2D eigenvalue weighted by Crippen LogP contribution is -2.45. The van der Waals surface area contributed by atoms with Crippen molar-refractivity contribution in [3.63, 3.8) is 0 Å².